The van der Waals surface area contributed by atoms with E-state index in [2.05, 4.69) is 108 Å². The second kappa shape index (κ2) is 8.10. The van der Waals surface area contributed by atoms with Gasteiger partial charge in [0.1, 0.15) is 11.2 Å². The number of nitrogens with two attached hydrogens (primary N) is 1. The smallest absolute Gasteiger partial charge is 0.135 e. The molecule has 0 amide bonds. The molecule has 0 spiro atoms. The van der Waals surface area contributed by atoms with Crippen LogP contribution >= 0.6 is 11.3 Å². The second-order valence-electron chi connectivity index (χ2n) is 10.7. The highest BCUT2D eigenvalue weighted by Crippen LogP contribution is 2.55. The van der Waals surface area contributed by atoms with Gasteiger partial charge in [-0.2, -0.15) is 0 Å². The largest absolute Gasteiger partial charge is 0.456 e. The molecule has 4 heteroatoms. The first-order valence-electron chi connectivity index (χ1n) is 13.6. The summed E-state index contributed by atoms with van der Waals surface area (Å²) in [7, 11) is 0. The van der Waals surface area contributed by atoms with Crippen LogP contribution in [0.2, 0.25) is 0 Å². The molecule has 2 N–H and O–H groups in total. The third kappa shape index (κ3) is 3.00. The van der Waals surface area contributed by atoms with Crippen molar-refractivity contribution in [3.05, 3.63) is 131 Å². The number of nitrogen functional groups attached to an aromatic ring is 1. The quantitative estimate of drug-likeness (QED) is 0.225. The van der Waals surface area contributed by atoms with Gasteiger partial charge in [-0.1, -0.05) is 72.8 Å². The third-order valence-electron chi connectivity index (χ3n) is 8.54. The maximum absolute atomic E-state index is 6.14. The number of hydrogen-bond donors (Lipinski definition) is 1. The minimum absolute atomic E-state index is 0.206. The number of rotatable bonds is 2. The Labute approximate surface area is 235 Å². The van der Waals surface area contributed by atoms with Gasteiger partial charge in [0.2, 0.25) is 0 Å². The highest BCUT2D eigenvalue weighted by atomic mass is 32.1. The van der Waals surface area contributed by atoms with Crippen molar-refractivity contribution >= 4 is 66.5 Å². The summed E-state index contributed by atoms with van der Waals surface area (Å²) in [5.41, 5.74) is 16.2. The van der Waals surface area contributed by atoms with Crippen molar-refractivity contribution in [1.82, 2.24) is 0 Å². The molecule has 9 rings (SSSR count). The number of para-hydroxylation sites is 2. The number of furan rings is 1. The van der Waals surface area contributed by atoms with Gasteiger partial charge in [0, 0.05) is 48.9 Å². The molecule has 0 saturated carbocycles. The highest BCUT2D eigenvalue weighted by molar-refractivity contribution is 7.19. The molecule has 0 bridgehead atoms. The third-order valence-corrected chi connectivity index (χ3v) is 9.81. The predicted molar refractivity (Wildman–Crippen MR) is 169 cm³/mol. The van der Waals surface area contributed by atoms with Gasteiger partial charge >= 0.3 is 0 Å². The summed E-state index contributed by atoms with van der Waals surface area (Å²) in [6.45, 7) is 0. The van der Waals surface area contributed by atoms with Crippen LogP contribution in [0.3, 0.4) is 0 Å². The zero-order valence-electron chi connectivity index (χ0n) is 21.5. The molecular weight excluding hydrogens is 508 g/mol. The van der Waals surface area contributed by atoms with Crippen molar-refractivity contribution in [2.24, 2.45) is 0 Å². The van der Waals surface area contributed by atoms with E-state index >= 15 is 0 Å². The Morgan fingerprint density at radius 3 is 2.38 bits per heavy atom. The lowest BCUT2D eigenvalue weighted by Crippen LogP contribution is -2.30. The zero-order valence-corrected chi connectivity index (χ0v) is 22.4. The summed E-state index contributed by atoms with van der Waals surface area (Å²) in [6, 6.07) is 39.1. The van der Waals surface area contributed by atoms with E-state index in [4.69, 9.17) is 10.2 Å². The Morgan fingerprint density at radius 2 is 1.45 bits per heavy atom. The molecule has 2 aliphatic rings. The molecule has 5 aromatic carbocycles. The molecule has 190 valence electrons. The van der Waals surface area contributed by atoms with Gasteiger partial charge in [-0.15, -0.1) is 11.3 Å². The van der Waals surface area contributed by atoms with Crippen molar-refractivity contribution in [3.63, 3.8) is 0 Å². The van der Waals surface area contributed by atoms with Gasteiger partial charge in [0.25, 0.3) is 0 Å². The molecule has 2 atom stereocenters. The van der Waals surface area contributed by atoms with E-state index < -0.39 is 0 Å². The van der Waals surface area contributed by atoms with Crippen LogP contribution in [-0.4, -0.2) is 6.04 Å². The normalized spacial score (nSPS) is 17.4. The summed E-state index contributed by atoms with van der Waals surface area (Å²) in [5, 5.41) is 3.49. The Kier molecular flexibility index (Phi) is 4.47. The predicted octanol–water partition coefficient (Wildman–Crippen LogP) is 9.73. The molecule has 40 heavy (non-hydrogen) atoms. The lowest BCUT2D eigenvalue weighted by molar-refractivity contribution is 0.669. The van der Waals surface area contributed by atoms with Gasteiger partial charge in [-0.3, -0.25) is 0 Å². The summed E-state index contributed by atoms with van der Waals surface area (Å²) in [4.78, 5) is 4.01. The number of nitrogens with zero attached hydrogens (tertiary/aromatic N) is 1. The molecule has 3 nitrogen and oxygen atoms in total. The Bertz CT molecular complexity index is 2170. The van der Waals surface area contributed by atoms with Gasteiger partial charge in [-0.25, -0.2) is 0 Å². The summed E-state index contributed by atoms with van der Waals surface area (Å²) < 4.78 is 7.49. The number of fused-ring (bicyclic) bond motifs is 10. The summed E-state index contributed by atoms with van der Waals surface area (Å²) >= 11 is 1.94. The van der Waals surface area contributed by atoms with Gasteiger partial charge in [0.05, 0.1) is 6.04 Å². The average molecular weight is 533 g/mol. The molecule has 0 radical (unpaired) electrons. The van der Waals surface area contributed by atoms with Crippen LogP contribution in [0.15, 0.2) is 120 Å². The van der Waals surface area contributed by atoms with Crippen molar-refractivity contribution in [2.45, 2.75) is 12.0 Å². The van der Waals surface area contributed by atoms with E-state index in [1.54, 1.807) is 0 Å². The second-order valence-corrected chi connectivity index (χ2v) is 11.8. The minimum atomic E-state index is 0.206. The molecule has 2 unspecified atom stereocenters. The van der Waals surface area contributed by atoms with E-state index in [9.17, 15) is 0 Å². The van der Waals surface area contributed by atoms with Gasteiger partial charge in [-0.05, 0) is 70.6 Å². The van der Waals surface area contributed by atoms with Crippen LogP contribution in [0.25, 0.3) is 49.2 Å². The minimum Gasteiger partial charge on any atom is -0.456 e. The van der Waals surface area contributed by atoms with Crippen LogP contribution in [0.4, 0.5) is 17.1 Å². The molecule has 1 aliphatic carbocycles. The summed E-state index contributed by atoms with van der Waals surface area (Å²) in [5.74, 6) is 0.296. The number of hydrogen-bond acceptors (Lipinski definition) is 4. The molecule has 3 heterocycles. The molecule has 0 fully saturated rings. The fourth-order valence-corrected chi connectivity index (χ4v) is 8.17. The lowest BCUT2D eigenvalue weighted by atomic mass is 9.86. The molecule has 0 saturated heterocycles. The van der Waals surface area contributed by atoms with E-state index in [-0.39, 0.29) is 6.04 Å². The maximum Gasteiger partial charge on any atom is 0.135 e. The Morgan fingerprint density at radius 1 is 0.700 bits per heavy atom. The van der Waals surface area contributed by atoms with Crippen LogP contribution in [0.1, 0.15) is 21.9 Å². The fraction of sp³-hybridized carbons (Fsp3) is 0.0556. The fourth-order valence-electron chi connectivity index (χ4n) is 6.82. The zero-order chi connectivity index (χ0) is 26.4. The monoisotopic (exact) mass is 532 g/mol. The van der Waals surface area contributed by atoms with E-state index in [1.165, 1.54) is 43.0 Å². The molecule has 7 aromatic rings. The SMILES string of the molecule is Nc1ccc2oc3ccc(-c4ccccc4N4c5ccccc5C5c6sc7ccccc7c6C=CC54)cc3c2c1. The van der Waals surface area contributed by atoms with Crippen molar-refractivity contribution in [3.8, 4) is 11.1 Å². The first-order valence-corrected chi connectivity index (χ1v) is 14.5. The van der Waals surface area contributed by atoms with E-state index in [0.717, 1.165) is 33.2 Å². The molecule has 2 aromatic heterocycles. The lowest BCUT2D eigenvalue weighted by Gasteiger charge is -2.32. The van der Waals surface area contributed by atoms with Gasteiger partial charge < -0.3 is 15.1 Å². The first kappa shape index (κ1) is 22.1. The van der Waals surface area contributed by atoms with Crippen LogP contribution in [-0.2, 0) is 0 Å². The van der Waals surface area contributed by atoms with Crippen molar-refractivity contribution in [2.75, 3.05) is 10.6 Å². The Hall–Kier alpha value is -4.80. The number of benzene rings is 5. The van der Waals surface area contributed by atoms with Crippen LogP contribution in [0.5, 0.6) is 0 Å². The topological polar surface area (TPSA) is 42.4 Å². The standard InChI is InChI=1S/C36H24N2OS/c37-22-14-18-33-28(20-22)27-19-21(13-17-32(27)39-33)23-7-1-4-10-29(23)38-30-11-5-2-9-26(30)35-31(38)16-15-25-24-8-3-6-12-34(24)40-36(25)35/h1-20,31,35H,37H2. The highest BCUT2D eigenvalue weighted by Gasteiger charge is 2.42. The molecule has 1 aliphatic heterocycles. The first-order chi connectivity index (χ1) is 19.7. The van der Waals surface area contributed by atoms with Gasteiger partial charge in [0.15, 0.2) is 0 Å². The maximum atomic E-state index is 6.14. The Balaban J connectivity index is 1.24. The average Bonchev–Trinajstić information content (AvgIpc) is 3.66. The van der Waals surface area contributed by atoms with Crippen molar-refractivity contribution in [1.29, 1.82) is 0 Å². The summed E-state index contributed by atoms with van der Waals surface area (Å²) in [6.07, 6.45) is 4.77. The van der Waals surface area contributed by atoms with Crippen molar-refractivity contribution < 1.29 is 4.42 Å². The number of thiophene rings is 1. The van der Waals surface area contributed by atoms with Crippen LogP contribution in [0, 0.1) is 0 Å². The molecular formula is C36H24N2OS. The number of anilines is 3. The van der Waals surface area contributed by atoms with E-state index in [0.29, 0.717) is 5.92 Å². The van der Waals surface area contributed by atoms with Crippen LogP contribution < -0.4 is 10.6 Å². The van der Waals surface area contributed by atoms with E-state index in [1.807, 2.05) is 29.5 Å².